The van der Waals surface area contributed by atoms with Gasteiger partial charge in [-0.1, -0.05) is 35.5 Å². The van der Waals surface area contributed by atoms with Gasteiger partial charge < -0.3 is 25.6 Å². The molecule has 4 N–H and O–H groups in total. The van der Waals surface area contributed by atoms with Crippen LogP contribution in [0.5, 0.6) is 0 Å². The van der Waals surface area contributed by atoms with Crippen molar-refractivity contribution in [2.24, 2.45) is 0 Å². The first-order valence-electron chi connectivity index (χ1n) is 11.7. The number of anilines is 1. The van der Waals surface area contributed by atoms with E-state index in [-0.39, 0.29) is 22.9 Å². The van der Waals surface area contributed by atoms with Gasteiger partial charge in [-0.25, -0.2) is 13.8 Å². The molecule has 1 aromatic carbocycles. The van der Waals surface area contributed by atoms with E-state index in [0.29, 0.717) is 12.1 Å². The van der Waals surface area contributed by atoms with E-state index < -0.39 is 42.9 Å². The normalized spacial score (nSPS) is 21.6. The number of aliphatic hydroxyl groups excluding tert-OH is 2. The number of hydrogen-bond acceptors (Lipinski definition) is 10. The van der Waals surface area contributed by atoms with Crippen molar-refractivity contribution in [3.63, 3.8) is 0 Å². The van der Waals surface area contributed by atoms with Gasteiger partial charge in [0.2, 0.25) is 0 Å². The Morgan fingerprint density at radius 3 is 2.66 bits per heavy atom. The summed E-state index contributed by atoms with van der Waals surface area (Å²) in [6.45, 7) is 0.0241. The van der Waals surface area contributed by atoms with E-state index in [9.17, 15) is 23.8 Å². The van der Waals surface area contributed by atoms with Gasteiger partial charge in [-0.2, -0.15) is 14.6 Å². The van der Waals surface area contributed by atoms with Crippen molar-refractivity contribution in [2.45, 2.75) is 43.8 Å². The summed E-state index contributed by atoms with van der Waals surface area (Å²) < 4.78 is 35.5. The van der Waals surface area contributed by atoms with Gasteiger partial charge in [0.05, 0.1) is 24.8 Å². The molecule has 4 heterocycles. The lowest BCUT2D eigenvalue weighted by atomic mass is 10.1. The highest BCUT2D eigenvalue weighted by molar-refractivity contribution is 5.84. The molecule has 3 aromatic heterocycles. The van der Waals surface area contributed by atoms with E-state index in [1.807, 2.05) is 30.3 Å². The quantitative estimate of drug-likeness (QED) is 0.252. The number of alkyl halides is 2. The van der Waals surface area contributed by atoms with E-state index >= 15 is 0 Å². The molecule has 0 aliphatic carbocycles. The van der Waals surface area contributed by atoms with Crippen LogP contribution in [0.4, 0.5) is 14.6 Å². The molecule has 0 spiro atoms. The molecule has 38 heavy (non-hydrogen) atoms. The molecule has 4 aromatic rings. The Hall–Kier alpha value is -4.08. The lowest BCUT2D eigenvalue weighted by Gasteiger charge is -2.17. The molecule has 1 aliphatic heterocycles. The molecule has 1 aliphatic rings. The van der Waals surface area contributed by atoms with Crippen molar-refractivity contribution in [3.8, 4) is 5.95 Å². The molecular weight excluding hydrogens is 504 g/mol. The molecular formula is C23H25F2N9O4. The number of rotatable bonds is 8. The second-order valence-corrected chi connectivity index (χ2v) is 8.98. The third-order valence-electron chi connectivity index (χ3n) is 5.97. The number of hydrogen-bond donors (Lipinski definition) is 4. The molecule has 0 unspecified atom stereocenters. The van der Waals surface area contributed by atoms with Crippen molar-refractivity contribution in [3.05, 3.63) is 54.1 Å². The number of halogens is 2. The van der Waals surface area contributed by atoms with E-state index in [0.717, 1.165) is 12.5 Å². The first kappa shape index (κ1) is 25.6. The van der Waals surface area contributed by atoms with E-state index in [1.54, 1.807) is 6.20 Å². The van der Waals surface area contributed by atoms with Crippen molar-refractivity contribution in [1.29, 1.82) is 0 Å². The summed E-state index contributed by atoms with van der Waals surface area (Å²) in [5, 5.41) is 34.2. The van der Waals surface area contributed by atoms with Crippen LogP contribution in [-0.4, -0.2) is 88.5 Å². The average molecular weight is 530 g/mol. The zero-order valence-corrected chi connectivity index (χ0v) is 20.4. The summed E-state index contributed by atoms with van der Waals surface area (Å²) in [5.74, 6) is -3.70. The van der Waals surface area contributed by atoms with Gasteiger partial charge >= 0.3 is 0 Å². The zero-order valence-electron chi connectivity index (χ0n) is 20.4. The number of likely N-dealkylation sites (N-methyl/N-ethyl adjacent to an activating group) is 1. The number of nitrogens with one attached hydrogen (secondary N) is 2. The average Bonchev–Trinajstić information content (AvgIpc) is 3.60. The topological polar surface area (TPSA) is 165 Å². The summed E-state index contributed by atoms with van der Waals surface area (Å²) in [4.78, 5) is 25.1. The Morgan fingerprint density at radius 2 is 1.95 bits per heavy atom. The van der Waals surface area contributed by atoms with Gasteiger partial charge in [-0.05, 0) is 5.56 Å². The molecule has 1 saturated heterocycles. The fourth-order valence-electron chi connectivity index (χ4n) is 4.09. The number of fused-ring (bicyclic) bond motifs is 1. The SMILES string of the molecule is CNC(=O)[C@H]1O[C@@H](n2cnc3c(NCC(C)(F)F)nc(-n4cc(Cc5ccccc5)nn4)nc32)[C@H](O)[C@@H]1O. The Labute approximate surface area is 214 Å². The van der Waals surface area contributed by atoms with Crippen LogP contribution in [0.3, 0.4) is 0 Å². The van der Waals surface area contributed by atoms with Crippen LogP contribution in [0.1, 0.15) is 24.4 Å². The first-order valence-corrected chi connectivity index (χ1v) is 11.7. The molecule has 15 heteroatoms. The summed E-state index contributed by atoms with van der Waals surface area (Å²) in [6.07, 6.45) is -2.25. The van der Waals surface area contributed by atoms with Crippen molar-refractivity contribution >= 4 is 22.9 Å². The highest BCUT2D eigenvalue weighted by atomic mass is 19.3. The van der Waals surface area contributed by atoms with Crippen LogP contribution in [0.15, 0.2) is 42.9 Å². The number of nitrogens with zero attached hydrogens (tertiary/aromatic N) is 7. The first-order chi connectivity index (χ1) is 18.1. The van der Waals surface area contributed by atoms with E-state index in [4.69, 9.17) is 4.74 Å². The molecule has 5 rings (SSSR count). The molecule has 4 atom stereocenters. The predicted octanol–water partition coefficient (Wildman–Crippen LogP) is 0.430. The van der Waals surface area contributed by atoms with Gasteiger partial charge in [0.25, 0.3) is 17.8 Å². The second kappa shape index (κ2) is 10.00. The van der Waals surface area contributed by atoms with Crippen LogP contribution in [-0.2, 0) is 16.0 Å². The number of imidazole rings is 1. The molecule has 1 fully saturated rings. The maximum atomic E-state index is 13.7. The van der Waals surface area contributed by atoms with Gasteiger partial charge in [0.1, 0.15) is 12.2 Å². The molecule has 200 valence electrons. The number of amides is 1. The third kappa shape index (κ3) is 5.03. The fraction of sp³-hybridized carbons (Fsp3) is 0.391. The lowest BCUT2D eigenvalue weighted by molar-refractivity contribution is -0.137. The maximum absolute atomic E-state index is 13.7. The largest absolute Gasteiger partial charge is 0.387 e. The highest BCUT2D eigenvalue weighted by Gasteiger charge is 2.47. The lowest BCUT2D eigenvalue weighted by Crippen LogP contribution is -2.41. The molecule has 0 bridgehead atoms. The van der Waals surface area contributed by atoms with E-state index in [2.05, 4.69) is 35.9 Å². The highest BCUT2D eigenvalue weighted by Crippen LogP contribution is 2.33. The summed E-state index contributed by atoms with van der Waals surface area (Å²) >= 11 is 0. The summed E-state index contributed by atoms with van der Waals surface area (Å²) in [6, 6.07) is 9.61. The molecule has 0 radical (unpaired) electrons. The van der Waals surface area contributed by atoms with Gasteiger partial charge in [0.15, 0.2) is 29.3 Å². The van der Waals surface area contributed by atoms with Crippen LogP contribution in [0, 0.1) is 0 Å². The Balaban J connectivity index is 1.54. The van der Waals surface area contributed by atoms with Crippen molar-refractivity contribution in [2.75, 3.05) is 18.9 Å². The predicted molar refractivity (Wildman–Crippen MR) is 129 cm³/mol. The summed E-state index contributed by atoms with van der Waals surface area (Å²) in [5.41, 5.74) is 1.83. The van der Waals surface area contributed by atoms with Crippen LogP contribution in [0.25, 0.3) is 17.1 Å². The molecule has 0 saturated carbocycles. The number of carbonyl (C=O) groups excluding carboxylic acids is 1. The fourth-order valence-corrected chi connectivity index (χ4v) is 4.09. The van der Waals surface area contributed by atoms with E-state index in [1.165, 1.54) is 22.6 Å². The standard InChI is InChI=1S/C23H25F2N9O4/c1-23(24,25)10-27-18-14-19(33(11-28-14)21-16(36)15(35)17(38-21)20(37)26-2)30-22(29-18)34-9-13(31-32-34)8-12-6-4-3-5-7-12/h3-7,9,11,15-17,21,35-36H,8,10H2,1-2H3,(H,26,37)(H,27,29,30)/t15-,16+,17-,21+/m0/s1. The minimum Gasteiger partial charge on any atom is -0.387 e. The molecule has 1 amide bonds. The van der Waals surface area contributed by atoms with Gasteiger partial charge in [0, 0.05) is 20.4 Å². The Kier molecular flexibility index (Phi) is 6.73. The minimum atomic E-state index is -3.05. The van der Waals surface area contributed by atoms with Gasteiger partial charge in [-0.15, -0.1) is 5.10 Å². The second-order valence-electron chi connectivity index (χ2n) is 8.98. The monoisotopic (exact) mass is 529 g/mol. The number of benzene rings is 1. The minimum absolute atomic E-state index is 0.0103. The maximum Gasteiger partial charge on any atom is 0.262 e. The third-order valence-corrected chi connectivity index (χ3v) is 5.97. The zero-order chi connectivity index (χ0) is 27.0. The number of carbonyl (C=O) groups is 1. The smallest absolute Gasteiger partial charge is 0.262 e. The number of aromatic nitrogens is 7. The van der Waals surface area contributed by atoms with Crippen LogP contribution in [0.2, 0.25) is 0 Å². The Morgan fingerprint density at radius 1 is 1.18 bits per heavy atom. The summed E-state index contributed by atoms with van der Waals surface area (Å²) in [7, 11) is 1.37. The van der Waals surface area contributed by atoms with Crippen LogP contribution >= 0.6 is 0 Å². The van der Waals surface area contributed by atoms with Gasteiger partial charge in [-0.3, -0.25) is 9.36 Å². The Bertz CT molecular complexity index is 1440. The van der Waals surface area contributed by atoms with Crippen molar-refractivity contribution in [1.82, 2.24) is 39.8 Å². The van der Waals surface area contributed by atoms with Crippen molar-refractivity contribution < 1.29 is 28.5 Å². The van der Waals surface area contributed by atoms with Crippen LogP contribution < -0.4 is 10.6 Å². The molecule has 13 nitrogen and oxygen atoms in total. The number of aliphatic hydroxyl groups is 2. The number of ether oxygens (including phenoxy) is 1.